The molecule has 5 heteroatoms. The number of hydrogen-bond acceptors (Lipinski definition) is 5. The molecule has 240 valence electrons. The van der Waals surface area contributed by atoms with E-state index in [4.69, 9.17) is 9.47 Å². The second-order valence-corrected chi connectivity index (χ2v) is 17.2. The van der Waals surface area contributed by atoms with E-state index in [0.29, 0.717) is 48.8 Å². The monoisotopic (exact) mass is 585 g/mol. The first-order chi connectivity index (χ1) is 19.6. The number of aliphatic hydroxyl groups excluding tert-OH is 1. The second-order valence-electron chi connectivity index (χ2n) is 17.2. The summed E-state index contributed by atoms with van der Waals surface area (Å²) in [5.41, 5.74) is 1.91. The predicted molar refractivity (Wildman–Crippen MR) is 170 cm³/mol. The van der Waals surface area contributed by atoms with Crippen molar-refractivity contribution in [2.45, 2.75) is 138 Å². The standard InChI is InChI=1S/C37H63NO4/c1-23(2)38-21-26(39)22-42-30-15-16-34(7)28(33(30,5)6)14-17-36(9)29(34)12-11-27-31-25(4)24(3)13-18-37(31,32(40)41-10)20-19-35(27,36)8/h11,23-26,28-31,38-39H,12-22H2,1-10H3/t24-,25+,26?,28+,29-,30-,31+,34+,35-,36-,37+/m1/s1. The van der Waals surface area contributed by atoms with E-state index < -0.39 is 6.10 Å². The number of aliphatic hydroxyl groups is 1. The molecule has 1 unspecified atom stereocenters. The van der Waals surface area contributed by atoms with Crippen LogP contribution in [0.1, 0.15) is 120 Å². The van der Waals surface area contributed by atoms with Crippen LogP contribution < -0.4 is 5.32 Å². The summed E-state index contributed by atoms with van der Waals surface area (Å²) in [4.78, 5) is 13.5. The third-order valence-corrected chi connectivity index (χ3v) is 14.8. The zero-order valence-corrected chi connectivity index (χ0v) is 28.6. The highest BCUT2D eigenvalue weighted by molar-refractivity contribution is 5.78. The highest BCUT2D eigenvalue weighted by Crippen LogP contribution is 2.76. The van der Waals surface area contributed by atoms with Crippen LogP contribution in [0, 0.1) is 56.7 Å². The maximum atomic E-state index is 13.5. The van der Waals surface area contributed by atoms with Gasteiger partial charge >= 0.3 is 5.97 Å². The quantitative estimate of drug-likeness (QED) is 0.238. The highest BCUT2D eigenvalue weighted by atomic mass is 16.5. The Kier molecular flexibility index (Phi) is 8.63. The van der Waals surface area contributed by atoms with Crippen molar-refractivity contribution in [1.82, 2.24) is 5.32 Å². The Morgan fingerprint density at radius 3 is 2.38 bits per heavy atom. The minimum atomic E-state index is -0.471. The van der Waals surface area contributed by atoms with E-state index in [2.05, 4.69) is 73.7 Å². The van der Waals surface area contributed by atoms with Gasteiger partial charge in [-0.25, -0.2) is 0 Å². The van der Waals surface area contributed by atoms with Gasteiger partial charge in [0.15, 0.2) is 0 Å². The first kappa shape index (κ1) is 32.5. The number of allylic oxidation sites excluding steroid dienone is 2. The number of hydrogen-bond donors (Lipinski definition) is 2. The molecule has 4 fully saturated rings. The van der Waals surface area contributed by atoms with Crippen LogP contribution in [-0.2, 0) is 14.3 Å². The molecule has 0 aromatic rings. The molecule has 11 atom stereocenters. The summed E-state index contributed by atoms with van der Waals surface area (Å²) in [5, 5.41) is 13.9. The van der Waals surface area contributed by atoms with E-state index in [1.165, 1.54) is 19.3 Å². The minimum Gasteiger partial charge on any atom is -0.469 e. The SMILES string of the molecule is COC(=O)[C@]12CC[C@@H](C)[C@H](C)[C@H]1C1=CC[C@@H]3[C@@]4(C)CC[C@@H](OCC(O)CNC(C)C)C(C)(C)[C@@H]4CC[C@@]3(C)[C@]1(C)CC2. The Bertz CT molecular complexity index is 1050. The van der Waals surface area contributed by atoms with Gasteiger partial charge in [-0.2, -0.15) is 0 Å². The number of carbonyl (C=O) groups is 1. The molecule has 42 heavy (non-hydrogen) atoms. The van der Waals surface area contributed by atoms with Crippen molar-refractivity contribution in [3.05, 3.63) is 11.6 Å². The van der Waals surface area contributed by atoms with Gasteiger partial charge < -0.3 is 19.9 Å². The summed E-state index contributed by atoms with van der Waals surface area (Å²) in [6.45, 7) is 22.8. The van der Waals surface area contributed by atoms with Crippen LogP contribution in [0.4, 0.5) is 0 Å². The van der Waals surface area contributed by atoms with Crippen molar-refractivity contribution < 1.29 is 19.4 Å². The van der Waals surface area contributed by atoms with Crippen molar-refractivity contribution in [2.24, 2.45) is 56.7 Å². The summed E-state index contributed by atoms with van der Waals surface area (Å²) >= 11 is 0. The van der Waals surface area contributed by atoms with Gasteiger partial charge in [0.05, 0.1) is 31.3 Å². The van der Waals surface area contributed by atoms with E-state index in [0.717, 1.165) is 38.5 Å². The van der Waals surface area contributed by atoms with E-state index in [1.807, 2.05) is 0 Å². The smallest absolute Gasteiger partial charge is 0.312 e. The van der Waals surface area contributed by atoms with Crippen LogP contribution in [0.3, 0.4) is 0 Å². The van der Waals surface area contributed by atoms with E-state index in [-0.39, 0.29) is 39.1 Å². The molecule has 0 spiro atoms. The van der Waals surface area contributed by atoms with E-state index in [9.17, 15) is 9.90 Å². The largest absolute Gasteiger partial charge is 0.469 e. The number of carbonyl (C=O) groups excluding carboxylic acids is 1. The van der Waals surface area contributed by atoms with E-state index in [1.54, 1.807) is 12.7 Å². The fraction of sp³-hybridized carbons (Fsp3) is 0.919. The molecule has 0 aromatic carbocycles. The number of esters is 1. The molecule has 2 N–H and O–H groups in total. The molecule has 5 rings (SSSR count). The predicted octanol–water partition coefficient (Wildman–Crippen LogP) is 7.56. The Morgan fingerprint density at radius 1 is 1.00 bits per heavy atom. The van der Waals surface area contributed by atoms with Crippen molar-refractivity contribution in [1.29, 1.82) is 0 Å². The molecule has 0 radical (unpaired) electrons. The molecule has 5 aliphatic rings. The van der Waals surface area contributed by atoms with Gasteiger partial charge in [0.1, 0.15) is 0 Å². The van der Waals surface area contributed by atoms with Crippen molar-refractivity contribution >= 4 is 5.97 Å². The maximum absolute atomic E-state index is 13.5. The summed E-state index contributed by atoms with van der Waals surface area (Å²) in [6.07, 6.45) is 12.4. The van der Waals surface area contributed by atoms with Crippen LogP contribution in [0.5, 0.6) is 0 Å². The summed E-state index contributed by atoms with van der Waals surface area (Å²) in [6, 6.07) is 0.362. The zero-order chi connectivity index (χ0) is 30.9. The third-order valence-electron chi connectivity index (χ3n) is 14.8. The lowest BCUT2D eigenvalue weighted by molar-refractivity contribution is -0.216. The number of ether oxygens (including phenoxy) is 2. The number of rotatable bonds is 7. The molecule has 0 heterocycles. The summed E-state index contributed by atoms with van der Waals surface area (Å²) in [5.74, 6) is 2.69. The molecule has 0 bridgehead atoms. The topological polar surface area (TPSA) is 67.8 Å². The Morgan fingerprint density at radius 2 is 1.71 bits per heavy atom. The zero-order valence-electron chi connectivity index (χ0n) is 28.6. The van der Waals surface area contributed by atoms with Crippen molar-refractivity contribution in [3.8, 4) is 0 Å². The van der Waals surface area contributed by atoms with Gasteiger partial charge in [0.25, 0.3) is 0 Å². The maximum Gasteiger partial charge on any atom is 0.312 e. The molecule has 0 amide bonds. The number of fused-ring (bicyclic) bond motifs is 7. The summed E-state index contributed by atoms with van der Waals surface area (Å²) < 4.78 is 12.1. The molecule has 0 aliphatic heterocycles. The average Bonchev–Trinajstić information content (AvgIpc) is 2.93. The molecule has 4 saturated carbocycles. The van der Waals surface area contributed by atoms with Gasteiger partial charge in [0, 0.05) is 12.6 Å². The third kappa shape index (κ3) is 4.68. The van der Waals surface area contributed by atoms with Crippen molar-refractivity contribution in [2.75, 3.05) is 20.3 Å². The Hall–Kier alpha value is -0.910. The molecular weight excluding hydrogens is 522 g/mol. The lowest BCUT2D eigenvalue weighted by atomic mass is 9.33. The van der Waals surface area contributed by atoms with Gasteiger partial charge in [-0.05, 0) is 109 Å². The van der Waals surface area contributed by atoms with Crippen LogP contribution in [0.15, 0.2) is 11.6 Å². The van der Waals surface area contributed by atoms with Crippen LogP contribution in [0.25, 0.3) is 0 Å². The van der Waals surface area contributed by atoms with Crippen LogP contribution in [-0.4, -0.2) is 49.6 Å². The van der Waals surface area contributed by atoms with Gasteiger partial charge in [-0.15, -0.1) is 0 Å². The Labute approximate surface area is 257 Å². The van der Waals surface area contributed by atoms with E-state index >= 15 is 0 Å². The molecule has 5 nitrogen and oxygen atoms in total. The summed E-state index contributed by atoms with van der Waals surface area (Å²) in [7, 11) is 1.60. The molecular formula is C37H63NO4. The van der Waals surface area contributed by atoms with Crippen molar-refractivity contribution in [3.63, 3.8) is 0 Å². The minimum absolute atomic E-state index is 0.0438. The van der Waals surface area contributed by atoms with Gasteiger partial charge in [-0.3, -0.25) is 4.79 Å². The Balaban J connectivity index is 1.43. The first-order valence-electron chi connectivity index (χ1n) is 17.4. The second kappa shape index (κ2) is 11.2. The van der Waals surface area contributed by atoms with Crippen LogP contribution in [0.2, 0.25) is 0 Å². The first-order valence-corrected chi connectivity index (χ1v) is 17.4. The lowest BCUT2D eigenvalue weighted by Gasteiger charge is -2.71. The lowest BCUT2D eigenvalue weighted by Crippen LogP contribution is -2.65. The average molecular weight is 586 g/mol. The van der Waals surface area contributed by atoms with Gasteiger partial charge in [-0.1, -0.05) is 74.0 Å². The normalized spacial score (nSPS) is 46.9. The fourth-order valence-corrected chi connectivity index (χ4v) is 12.0. The molecule has 0 aromatic heterocycles. The number of nitrogens with one attached hydrogen (secondary N) is 1. The molecule has 5 aliphatic carbocycles. The molecule has 0 saturated heterocycles. The van der Waals surface area contributed by atoms with Gasteiger partial charge in [0.2, 0.25) is 0 Å². The fourth-order valence-electron chi connectivity index (χ4n) is 12.0. The number of methoxy groups -OCH3 is 1. The van der Waals surface area contributed by atoms with Crippen LogP contribution >= 0.6 is 0 Å². The highest BCUT2D eigenvalue weighted by Gasteiger charge is 2.69.